The van der Waals surface area contributed by atoms with Gasteiger partial charge in [-0.05, 0) is 24.1 Å². The summed E-state index contributed by atoms with van der Waals surface area (Å²) in [6, 6.07) is 7.64. The maximum Gasteiger partial charge on any atom is 0.115 e. The van der Waals surface area contributed by atoms with Crippen molar-refractivity contribution in [2.75, 3.05) is 0 Å². The molecule has 58 valence electrons. The van der Waals surface area contributed by atoms with Crippen LogP contribution in [0.3, 0.4) is 0 Å². The Morgan fingerprint density at radius 1 is 1.27 bits per heavy atom. The largest absolute Gasteiger partial charge is 0.508 e. The predicted octanol–water partition coefficient (Wildman–Crippen LogP) is 1.21. The molecule has 0 saturated heterocycles. The van der Waals surface area contributed by atoms with E-state index in [1.165, 1.54) is 5.56 Å². The van der Waals surface area contributed by atoms with E-state index in [2.05, 4.69) is 0 Å². The third-order valence-electron chi connectivity index (χ3n) is 2.16. The molecule has 2 unspecified atom stereocenters. The molecule has 0 amide bonds. The van der Waals surface area contributed by atoms with Crippen LogP contribution in [0, 0.1) is 0 Å². The predicted molar refractivity (Wildman–Crippen MR) is 43.4 cm³/mol. The van der Waals surface area contributed by atoms with Crippen molar-refractivity contribution in [3.8, 4) is 5.75 Å². The van der Waals surface area contributed by atoms with Gasteiger partial charge in [0.15, 0.2) is 0 Å². The molecule has 2 rings (SSSR count). The third-order valence-corrected chi connectivity index (χ3v) is 2.16. The fourth-order valence-electron chi connectivity index (χ4n) is 1.32. The monoisotopic (exact) mass is 149 g/mol. The summed E-state index contributed by atoms with van der Waals surface area (Å²) >= 11 is 0. The van der Waals surface area contributed by atoms with Crippen LogP contribution in [-0.2, 0) is 0 Å². The summed E-state index contributed by atoms with van der Waals surface area (Å²) in [5.41, 5.74) is 6.92. The second-order valence-electron chi connectivity index (χ2n) is 3.10. The van der Waals surface area contributed by atoms with E-state index in [-0.39, 0.29) is 0 Å². The van der Waals surface area contributed by atoms with Crippen molar-refractivity contribution in [3.05, 3.63) is 29.8 Å². The molecule has 11 heavy (non-hydrogen) atoms. The van der Waals surface area contributed by atoms with Crippen molar-refractivity contribution in [1.29, 1.82) is 0 Å². The van der Waals surface area contributed by atoms with Crippen LogP contribution in [0.5, 0.6) is 5.75 Å². The molecule has 2 nitrogen and oxygen atoms in total. The Labute approximate surface area is 65.7 Å². The van der Waals surface area contributed by atoms with Crippen molar-refractivity contribution in [2.24, 2.45) is 5.73 Å². The van der Waals surface area contributed by atoms with Gasteiger partial charge in [0, 0.05) is 12.0 Å². The standard InChI is InChI=1S/C9H11NO/c10-9-5-8(9)6-1-3-7(11)4-2-6/h1-4,8-9,11H,5,10H2. The van der Waals surface area contributed by atoms with E-state index >= 15 is 0 Å². The first-order valence-electron chi connectivity index (χ1n) is 3.82. The first-order valence-corrected chi connectivity index (χ1v) is 3.82. The smallest absolute Gasteiger partial charge is 0.115 e. The first kappa shape index (κ1) is 6.68. The highest BCUT2D eigenvalue weighted by molar-refractivity contribution is 5.32. The Kier molecular flexibility index (Phi) is 1.36. The zero-order valence-corrected chi connectivity index (χ0v) is 6.20. The molecule has 1 saturated carbocycles. The maximum atomic E-state index is 8.99. The number of benzene rings is 1. The minimum Gasteiger partial charge on any atom is -0.508 e. The molecule has 1 aromatic carbocycles. The molecular weight excluding hydrogens is 138 g/mol. The molecule has 0 radical (unpaired) electrons. The van der Waals surface area contributed by atoms with Crippen LogP contribution in [-0.4, -0.2) is 11.1 Å². The number of nitrogens with two attached hydrogens (primary N) is 1. The number of phenolic OH excluding ortho intramolecular Hbond substituents is 1. The topological polar surface area (TPSA) is 46.2 Å². The average Bonchev–Trinajstić information content (AvgIpc) is 2.69. The van der Waals surface area contributed by atoms with Gasteiger partial charge >= 0.3 is 0 Å². The van der Waals surface area contributed by atoms with Gasteiger partial charge in [-0.1, -0.05) is 12.1 Å². The summed E-state index contributed by atoms with van der Waals surface area (Å²) in [6.07, 6.45) is 1.09. The van der Waals surface area contributed by atoms with E-state index in [4.69, 9.17) is 10.8 Å². The zero-order chi connectivity index (χ0) is 7.84. The van der Waals surface area contributed by atoms with Gasteiger partial charge in [0.1, 0.15) is 5.75 Å². The highest BCUT2D eigenvalue weighted by Crippen LogP contribution is 2.39. The van der Waals surface area contributed by atoms with Crippen molar-refractivity contribution in [1.82, 2.24) is 0 Å². The quantitative estimate of drug-likeness (QED) is 0.630. The summed E-state index contributed by atoms with van der Waals surface area (Å²) < 4.78 is 0. The molecule has 0 aliphatic heterocycles. The minimum absolute atomic E-state index is 0.322. The number of aromatic hydroxyl groups is 1. The lowest BCUT2D eigenvalue weighted by molar-refractivity contribution is 0.475. The zero-order valence-electron chi connectivity index (χ0n) is 6.20. The van der Waals surface area contributed by atoms with Crippen molar-refractivity contribution in [3.63, 3.8) is 0 Å². The van der Waals surface area contributed by atoms with Gasteiger partial charge < -0.3 is 10.8 Å². The number of phenols is 1. The van der Waals surface area contributed by atoms with Crippen LogP contribution < -0.4 is 5.73 Å². The van der Waals surface area contributed by atoms with Gasteiger partial charge in [0.2, 0.25) is 0 Å². The summed E-state index contributed by atoms with van der Waals surface area (Å²) in [5.74, 6) is 0.860. The van der Waals surface area contributed by atoms with E-state index in [0.29, 0.717) is 17.7 Å². The summed E-state index contributed by atoms with van der Waals surface area (Å²) in [5, 5.41) is 8.99. The lowest BCUT2D eigenvalue weighted by atomic mass is 10.1. The Balaban J connectivity index is 2.21. The van der Waals surface area contributed by atoms with Crippen LogP contribution in [0.4, 0.5) is 0 Å². The van der Waals surface area contributed by atoms with Gasteiger partial charge in [-0.2, -0.15) is 0 Å². The van der Waals surface area contributed by atoms with Gasteiger partial charge in [-0.25, -0.2) is 0 Å². The molecule has 3 N–H and O–H groups in total. The van der Waals surface area contributed by atoms with Crippen molar-refractivity contribution < 1.29 is 5.11 Å². The van der Waals surface area contributed by atoms with Crippen LogP contribution in [0.15, 0.2) is 24.3 Å². The van der Waals surface area contributed by atoms with E-state index in [1.807, 2.05) is 12.1 Å². The van der Waals surface area contributed by atoms with Crippen LogP contribution in [0.2, 0.25) is 0 Å². The Bertz CT molecular complexity index is 255. The Morgan fingerprint density at radius 2 is 1.82 bits per heavy atom. The molecule has 1 aliphatic carbocycles. The molecule has 2 atom stereocenters. The highest BCUT2D eigenvalue weighted by Gasteiger charge is 2.34. The Hall–Kier alpha value is -1.02. The summed E-state index contributed by atoms with van der Waals surface area (Å²) in [4.78, 5) is 0. The van der Waals surface area contributed by atoms with Crippen molar-refractivity contribution in [2.45, 2.75) is 18.4 Å². The van der Waals surface area contributed by atoms with E-state index in [1.54, 1.807) is 12.1 Å². The lowest BCUT2D eigenvalue weighted by Crippen LogP contribution is -2.00. The number of hydrogen-bond donors (Lipinski definition) is 2. The molecule has 0 heterocycles. The van der Waals surface area contributed by atoms with E-state index in [9.17, 15) is 0 Å². The first-order chi connectivity index (χ1) is 5.27. The normalized spacial score (nSPS) is 28.5. The Morgan fingerprint density at radius 3 is 2.27 bits per heavy atom. The van der Waals surface area contributed by atoms with Gasteiger partial charge in [-0.3, -0.25) is 0 Å². The molecule has 0 aromatic heterocycles. The molecule has 0 spiro atoms. The van der Waals surface area contributed by atoms with Crippen LogP contribution >= 0.6 is 0 Å². The summed E-state index contributed by atoms with van der Waals surface area (Å²) in [6.45, 7) is 0. The molecule has 2 heteroatoms. The fourth-order valence-corrected chi connectivity index (χ4v) is 1.32. The number of rotatable bonds is 1. The molecule has 1 aliphatic rings. The molecule has 0 bridgehead atoms. The minimum atomic E-state index is 0.322. The summed E-state index contributed by atoms with van der Waals surface area (Å²) in [7, 11) is 0. The van der Waals surface area contributed by atoms with Gasteiger partial charge in [0.05, 0.1) is 0 Å². The van der Waals surface area contributed by atoms with Gasteiger partial charge in [-0.15, -0.1) is 0 Å². The second-order valence-corrected chi connectivity index (χ2v) is 3.10. The SMILES string of the molecule is NC1CC1c1ccc(O)cc1. The van der Waals surface area contributed by atoms with Crippen LogP contribution in [0.25, 0.3) is 0 Å². The molecule has 1 fully saturated rings. The fraction of sp³-hybridized carbons (Fsp3) is 0.333. The van der Waals surface area contributed by atoms with Gasteiger partial charge in [0.25, 0.3) is 0 Å². The third kappa shape index (κ3) is 1.21. The van der Waals surface area contributed by atoms with Crippen molar-refractivity contribution >= 4 is 0 Å². The highest BCUT2D eigenvalue weighted by atomic mass is 16.3. The van der Waals surface area contributed by atoms with Crippen LogP contribution in [0.1, 0.15) is 17.9 Å². The lowest BCUT2D eigenvalue weighted by Gasteiger charge is -1.97. The average molecular weight is 149 g/mol. The van der Waals surface area contributed by atoms with E-state index < -0.39 is 0 Å². The maximum absolute atomic E-state index is 8.99. The second kappa shape index (κ2) is 2.24. The molecular formula is C9H11NO. The molecule has 1 aromatic rings. The number of hydrogen-bond acceptors (Lipinski definition) is 2. The van der Waals surface area contributed by atoms with E-state index in [0.717, 1.165) is 6.42 Å².